The molecule has 4 rings (SSSR count). The van der Waals surface area contributed by atoms with Gasteiger partial charge in [0.05, 0.1) is 23.0 Å². The first-order chi connectivity index (χ1) is 17.1. The summed E-state index contributed by atoms with van der Waals surface area (Å²) in [5.41, 5.74) is 11.1. The van der Waals surface area contributed by atoms with Gasteiger partial charge in [0.2, 0.25) is 11.9 Å². The number of fused-ring (bicyclic) bond motifs is 1. The average molecular weight is 578 g/mol. The van der Waals surface area contributed by atoms with Crippen molar-refractivity contribution in [3.63, 3.8) is 0 Å². The van der Waals surface area contributed by atoms with Gasteiger partial charge in [-0.05, 0) is 51.1 Å². The van der Waals surface area contributed by atoms with Crippen LogP contribution in [0.5, 0.6) is 5.75 Å². The molecule has 37 heavy (non-hydrogen) atoms. The van der Waals surface area contributed by atoms with Gasteiger partial charge in [-0.2, -0.15) is 0 Å². The Bertz CT molecular complexity index is 1230. The largest absolute Gasteiger partial charge is 0.573 e. The van der Waals surface area contributed by atoms with Crippen LogP contribution in [-0.4, -0.2) is 33.8 Å². The van der Waals surface area contributed by atoms with E-state index in [9.17, 15) is 22.8 Å². The number of imidazole rings is 1. The molecule has 3 aromatic rings. The number of halogens is 5. The van der Waals surface area contributed by atoms with Crippen LogP contribution >= 0.6 is 35.8 Å². The summed E-state index contributed by atoms with van der Waals surface area (Å²) in [6, 6.07) is 9.80. The minimum atomic E-state index is -4.60. The Hall–Kier alpha value is -2.93. The molecule has 0 radical (unpaired) electrons. The molecule has 0 saturated heterocycles. The number of amides is 2. The number of ether oxygens (including phenoxy) is 1. The lowest BCUT2D eigenvalue weighted by molar-refractivity contribution is -0.274. The van der Waals surface area contributed by atoms with Crippen LogP contribution in [0.1, 0.15) is 25.5 Å². The van der Waals surface area contributed by atoms with Crippen molar-refractivity contribution in [1.29, 1.82) is 0 Å². The highest BCUT2D eigenvalue weighted by Gasteiger charge is 2.37. The number of thiol groups is 1. The summed E-state index contributed by atoms with van der Waals surface area (Å²) in [5, 5.41) is 1.59. The lowest BCUT2D eigenvalue weighted by atomic mass is 10.2. The van der Waals surface area contributed by atoms with Gasteiger partial charge in [-0.3, -0.25) is 14.2 Å². The molecule has 2 atom stereocenters. The van der Waals surface area contributed by atoms with E-state index in [0.29, 0.717) is 26.7 Å². The Morgan fingerprint density at radius 2 is 1.68 bits per heavy atom. The van der Waals surface area contributed by atoms with Gasteiger partial charge < -0.3 is 16.2 Å². The molecular formula is C23H24Cl2F3N5O3S. The minimum Gasteiger partial charge on any atom is -0.406 e. The number of aromatic nitrogens is 2. The van der Waals surface area contributed by atoms with E-state index in [1.54, 1.807) is 61.9 Å². The number of nitrogens with two attached hydrogens (primary N) is 2. The number of alkyl halides is 3. The molecule has 2 aromatic carbocycles. The van der Waals surface area contributed by atoms with E-state index in [-0.39, 0.29) is 17.7 Å². The SMILES string of the molecule is CC(N)C(N)=O.CC1C(=O)N(c2cc(Cl)cc(Cl)c2)c2ncc(S)n21.Cc1ccc(OC(F)(F)F)cc1. The summed E-state index contributed by atoms with van der Waals surface area (Å²) in [6.07, 6.45) is -2.99. The van der Waals surface area contributed by atoms with E-state index in [0.717, 1.165) is 5.56 Å². The van der Waals surface area contributed by atoms with Crippen molar-refractivity contribution in [3.05, 3.63) is 64.3 Å². The molecular weight excluding hydrogens is 554 g/mol. The minimum absolute atomic E-state index is 0.0864. The lowest BCUT2D eigenvalue weighted by Gasteiger charge is -2.15. The second-order valence-electron chi connectivity index (χ2n) is 7.82. The van der Waals surface area contributed by atoms with Crippen molar-refractivity contribution in [1.82, 2.24) is 9.55 Å². The van der Waals surface area contributed by atoms with E-state index in [1.807, 2.05) is 0 Å². The summed E-state index contributed by atoms with van der Waals surface area (Å²) in [7, 11) is 0. The van der Waals surface area contributed by atoms with Crippen LogP contribution < -0.4 is 21.1 Å². The Labute approximate surface area is 226 Å². The Morgan fingerprint density at radius 1 is 1.16 bits per heavy atom. The summed E-state index contributed by atoms with van der Waals surface area (Å²) >= 11 is 16.3. The number of carbonyl (C=O) groups is 2. The van der Waals surface area contributed by atoms with E-state index < -0.39 is 18.3 Å². The topological polar surface area (TPSA) is 116 Å². The second-order valence-corrected chi connectivity index (χ2v) is 9.15. The summed E-state index contributed by atoms with van der Waals surface area (Å²) in [6.45, 7) is 5.14. The maximum Gasteiger partial charge on any atom is 0.573 e. The van der Waals surface area contributed by atoms with Gasteiger partial charge in [0, 0.05) is 10.0 Å². The number of primary amides is 1. The number of benzene rings is 2. The molecule has 14 heteroatoms. The molecule has 1 aliphatic rings. The highest BCUT2D eigenvalue weighted by molar-refractivity contribution is 7.80. The zero-order valence-corrected chi connectivity index (χ0v) is 22.2. The Morgan fingerprint density at radius 3 is 2.14 bits per heavy atom. The van der Waals surface area contributed by atoms with Crippen molar-refractivity contribution >= 4 is 59.3 Å². The molecule has 0 spiro atoms. The number of aryl methyl sites for hydroxylation is 1. The average Bonchev–Trinajstić information content (AvgIpc) is 3.26. The number of hydrogen-bond donors (Lipinski definition) is 3. The lowest BCUT2D eigenvalue weighted by Crippen LogP contribution is -2.32. The molecule has 2 unspecified atom stereocenters. The number of carbonyl (C=O) groups excluding carboxylic acids is 2. The van der Waals surface area contributed by atoms with Crippen LogP contribution in [0.15, 0.2) is 53.7 Å². The predicted octanol–water partition coefficient (Wildman–Crippen LogP) is 5.43. The Balaban J connectivity index is 0.000000229. The molecule has 1 aliphatic heterocycles. The van der Waals surface area contributed by atoms with E-state index >= 15 is 0 Å². The van der Waals surface area contributed by atoms with Crippen LogP contribution in [0.3, 0.4) is 0 Å². The number of nitrogens with zero attached hydrogens (tertiary/aromatic N) is 3. The molecule has 2 heterocycles. The van der Waals surface area contributed by atoms with Gasteiger partial charge in [-0.15, -0.1) is 25.8 Å². The molecule has 200 valence electrons. The third-order valence-corrected chi connectivity index (χ3v) is 5.50. The first-order valence-corrected chi connectivity index (χ1v) is 11.7. The maximum absolute atomic E-state index is 12.3. The van der Waals surface area contributed by atoms with Crippen LogP contribution in [0.2, 0.25) is 10.0 Å². The molecule has 0 aliphatic carbocycles. The highest BCUT2D eigenvalue weighted by Crippen LogP contribution is 2.39. The molecule has 4 N–H and O–H groups in total. The number of rotatable bonds is 3. The van der Waals surface area contributed by atoms with Crippen molar-refractivity contribution in [2.45, 2.75) is 44.2 Å². The van der Waals surface area contributed by atoms with E-state index in [1.165, 1.54) is 17.0 Å². The fourth-order valence-corrected chi connectivity index (χ4v) is 3.76. The smallest absolute Gasteiger partial charge is 0.406 e. The first kappa shape index (κ1) is 30.3. The second kappa shape index (κ2) is 12.5. The van der Waals surface area contributed by atoms with Gasteiger partial charge in [0.25, 0.3) is 5.91 Å². The predicted molar refractivity (Wildman–Crippen MR) is 139 cm³/mol. The zero-order valence-electron chi connectivity index (χ0n) is 19.8. The van der Waals surface area contributed by atoms with Crippen LogP contribution in [-0.2, 0) is 9.59 Å². The van der Waals surface area contributed by atoms with Gasteiger partial charge in [0.1, 0.15) is 11.8 Å². The standard InChI is InChI=1S/C12H9Cl2N3OS.C8H7F3O.C3H8N2O/c1-6-11(18)17(12-15-5-10(19)16(6)12)9-3-7(13)2-8(14)4-9;1-6-2-4-7(5-3-6)12-8(9,10)11;1-2(4)3(5)6/h2-6,19H,1H3;2-5H,1H3;2H,4H2,1H3,(H2,5,6). The molecule has 2 amide bonds. The maximum atomic E-state index is 12.3. The van der Waals surface area contributed by atoms with Gasteiger partial charge >= 0.3 is 6.36 Å². The zero-order chi connectivity index (χ0) is 28.1. The highest BCUT2D eigenvalue weighted by atomic mass is 35.5. The van der Waals surface area contributed by atoms with Crippen LogP contribution in [0.4, 0.5) is 24.8 Å². The van der Waals surface area contributed by atoms with Gasteiger partial charge in [0.15, 0.2) is 0 Å². The molecule has 0 saturated carbocycles. The van der Waals surface area contributed by atoms with E-state index in [4.69, 9.17) is 28.9 Å². The Kier molecular flexibility index (Phi) is 10.3. The number of hydrogen-bond acceptors (Lipinski definition) is 6. The van der Waals surface area contributed by atoms with Crippen molar-refractivity contribution in [2.24, 2.45) is 11.5 Å². The monoisotopic (exact) mass is 577 g/mol. The van der Waals surface area contributed by atoms with Crippen molar-refractivity contribution in [2.75, 3.05) is 4.90 Å². The van der Waals surface area contributed by atoms with Crippen LogP contribution in [0.25, 0.3) is 0 Å². The normalized spacial score (nSPS) is 15.1. The summed E-state index contributed by atoms with van der Waals surface area (Å²) in [5.74, 6) is -0.208. The third kappa shape index (κ3) is 8.56. The van der Waals surface area contributed by atoms with E-state index in [2.05, 4.69) is 28.1 Å². The fraction of sp³-hybridized carbons (Fsp3) is 0.261. The molecule has 1 aromatic heterocycles. The van der Waals surface area contributed by atoms with Gasteiger partial charge in [-0.25, -0.2) is 9.88 Å². The van der Waals surface area contributed by atoms with Crippen molar-refractivity contribution in [3.8, 4) is 5.75 Å². The van der Waals surface area contributed by atoms with Crippen molar-refractivity contribution < 1.29 is 27.5 Å². The molecule has 8 nitrogen and oxygen atoms in total. The van der Waals surface area contributed by atoms with Crippen LogP contribution in [0, 0.1) is 6.92 Å². The number of anilines is 2. The summed E-state index contributed by atoms with van der Waals surface area (Å²) < 4.78 is 40.3. The first-order valence-electron chi connectivity index (χ1n) is 10.5. The summed E-state index contributed by atoms with van der Waals surface area (Å²) in [4.78, 5) is 27.9. The quantitative estimate of drug-likeness (QED) is 0.359. The van der Waals surface area contributed by atoms with Gasteiger partial charge in [-0.1, -0.05) is 40.9 Å². The fourth-order valence-electron chi connectivity index (χ4n) is 2.93. The molecule has 0 bridgehead atoms. The molecule has 0 fully saturated rings. The third-order valence-electron chi connectivity index (χ3n) is 4.73.